The van der Waals surface area contributed by atoms with Gasteiger partial charge in [-0.05, 0) is 31.6 Å². The SMILES string of the molecule is CC1=C(C)C(=O)N(c2ccccc2)C1. The summed E-state index contributed by atoms with van der Waals surface area (Å²) in [5.74, 6) is 0.133. The first-order valence-electron chi connectivity index (χ1n) is 4.73. The number of para-hydroxylation sites is 1. The van der Waals surface area contributed by atoms with Crippen molar-refractivity contribution in [3.05, 3.63) is 41.5 Å². The molecule has 0 spiro atoms. The van der Waals surface area contributed by atoms with Crippen LogP contribution in [0.3, 0.4) is 0 Å². The molecule has 2 heteroatoms. The van der Waals surface area contributed by atoms with Crippen LogP contribution >= 0.6 is 0 Å². The Hall–Kier alpha value is -1.57. The molecular weight excluding hydrogens is 174 g/mol. The Morgan fingerprint density at radius 3 is 2.29 bits per heavy atom. The van der Waals surface area contributed by atoms with Crippen molar-refractivity contribution in [3.63, 3.8) is 0 Å². The van der Waals surface area contributed by atoms with Crippen LogP contribution in [0.2, 0.25) is 0 Å². The first-order valence-corrected chi connectivity index (χ1v) is 4.73. The minimum atomic E-state index is 0.133. The molecule has 2 nitrogen and oxygen atoms in total. The summed E-state index contributed by atoms with van der Waals surface area (Å²) in [4.78, 5) is 13.6. The van der Waals surface area contributed by atoms with Gasteiger partial charge in [-0.1, -0.05) is 18.2 Å². The number of amides is 1. The molecule has 0 N–H and O–H groups in total. The maximum atomic E-state index is 11.8. The first kappa shape index (κ1) is 9.00. The number of hydrogen-bond donors (Lipinski definition) is 0. The summed E-state index contributed by atoms with van der Waals surface area (Å²) < 4.78 is 0. The Kier molecular flexibility index (Phi) is 2.12. The molecular formula is C12H13NO. The lowest BCUT2D eigenvalue weighted by Crippen LogP contribution is -2.26. The molecule has 1 amide bonds. The number of hydrogen-bond acceptors (Lipinski definition) is 1. The molecule has 1 heterocycles. The van der Waals surface area contributed by atoms with E-state index in [2.05, 4.69) is 0 Å². The van der Waals surface area contributed by atoms with Gasteiger partial charge in [0.2, 0.25) is 0 Å². The van der Waals surface area contributed by atoms with Crippen molar-refractivity contribution in [2.24, 2.45) is 0 Å². The van der Waals surface area contributed by atoms with E-state index in [1.165, 1.54) is 5.57 Å². The van der Waals surface area contributed by atoms with Crippen LogP contribution in [0, 0.1) is 0 Å². The van der Waals surface area contributed by atoms with Crippen LogP contribution in [0.1, 0.15) is 13.8 Å². The van der Waals surface area contributed by atoms with Gasteiger partial charge < -0.3 is 4.90 Å². The van der Waals surface area contributed by atoms with E-state index in [4.69, 9.17) is 0 Å². The van der Waals surface area contributed by atoms with Crippen LogP contribution in [0.25, 0.3) is 0 Å². The second-order valence-corrected chi connectivity index (χ2v) is 3.63. The lowest BCUT2D eigenvalue weighted by atomic mass is 10.2. The predicted molar refractivity (Wildman–Crippen MR) is 57.2 cm³/mol. The minimum absolute atomic E-state index is 0.133. The number of benzene rings is 1. The smallest absolute Gasteiger partial charge is 0.254 e. The van der Waals surface area contributed by atoms with Gasteiger partial charge in [-0.2, -0.15) is 0 Å². The highest BCUT2D eigenvalue weighted by Gasteiger charge is 2.25. The average molecular weight is 187 g/mol. The third kappa shape index (κ3) is 1.33. The third-order valence-electron chi connectivity index (χ3n) is 2.67. The van der Waals surface area contributed by atoms with Crippen LogP contribution in [0.5, 0.6) is 0 Å². The van der Waals surface area contributed by atoms with E-state index in [1.54, 1.807) is 0 Å². The fourth-order valence-electron chi connectivity index (χ4n) is 1.63. The molecule has 0 fully saturated rings. The van der Waals surface area contributed by atoms with Crippen molar-refractivity contribution >= 4 is 11.6 Å². The zero-order valence-corrected chi connectivity index (χ0v) is 8.45. The normalized spacial score (nSPS) is 16.7. The zero-order valence-electron chi connectivity index (χ0n) is 8.45. The molecule has 1 aromatic rings. The Bertz CT molecular complexity index is 392. The summed E-state index contributed by atoms with van der Waals surface area (Å²) in [6, 6.07) is 9.78. The summed E-state index contributed by atoms with van der Waals surface area (Å²) in [6.45, 7) is 4.63. The van der Waals surface area contributed by atoms with Crippen molar-refractivity contribution < 1.29 is 4.79 Å². The summed E-state index contributed by atoms with van der Waals surface area (Å²) >= 11 is 0. The summed E-state index contributed by atoms with van der Waals surface area (Å²) in [7, 11) is 0. The van der Waals surface area contributed by atoms with Crippen LogP contribution < -0.4 is 4.90 Å². The summed E-state index contributed by atoms with van der Waals surface area (Å²) in [6.07, 6.45) is 0. The predicted octanol–water partition coefficient (Wildman–Crippen LogP) is 2.37. The lowest BCUT2D eigenvalue weighted by Gasteiger charge is -2.16. The fourth-order valence-corrected chi connectivity index (χ4v) is 1.63. The van der Waals surface area contributed by atoms with Gasteiger partial charge in [0.25, 0.3) is 5.91 Å². The van der Waals surface area contributed by atoms with E-state index in [1.807, 2.05) is 49.1 Å². The topological polar surface area (TPSA) is 20.3 Å². The molecule has 0 aliphatic carbocycles. The number of carbonyl (C=O) groups excluding carboxylic acids is 1. The molecule has 0 aromatic heterocycles. The molecule has 0 bridgehead atoms. The Labute approximate surface area is 83.8 Å². The molecule has 0 saturated heterocycles. The maximum Gasteiger partial charge on any atom is 0.254 e. The van der Waals surface area contributed by atoms with E-state index >= 15 is 0 Å². The van der Waals surface area contributed by atoms with Crippen molar-refractivity contribution in [3.8, 4) is 0 Å². The Morgan fingerprint density at radius 1 is 1.14 bits per heavy atom. The largest absolute Gasteiger partial charge is 0.305 e. The van der Waals surface area contributed by atoms with Crippen LogP contribution in [-0.4, -0.2) is 12.5 Å². The highest BCUT2D eigenvalue weighted by atomic mass is 16.2. The number of carbonyl (C=O) groups is 1. The maximum absolute atomic E-state index is 11.8. The van der Waals surface area contributed by atoms with E-state index < -0.39 is 0 Å². The molecule has 1 aromatic carbocycles. The van der Waals surface area contributed by atoms with Gasteiger partial charge in [-0.3, -0.25) is 4.79 Å². The van der Waals surface area contributed by atoms with E-state index in [-0.39, 0.29) is 5.91 Å². The Morgan fingerprint density at radius 2 is 1.79 bits per heavy atom. The molecule has 1 aliphatic rings. The van der Waals surface area contributed by atoms with Gasteiger partial charge in [-0.25, -0.2) is 0 Å². The summed E-state index contributed by atoms with van der Waals surface area (Å²) in [5.41, 5.74) is 3.03. The highest BCUT2D eigenvalue weighted by Crippen LogP contribution is 2.24. The molecule has 72 valence electrons. The Balaban J connectivity index is 2.30. The van der Waals surface area contributed by atoms with Crippen molar-refractivity contribution in [1.29, 1.82) is 0 Å². The molecule has 0 unspecified atom stereocenters. The van der Waals surface area contributed by atoms with Gasteiger partial charge >= 0.3 is 0 Å². The molecule has 2 rings (SSSR count). The molecule has 0 saturated carbocycles. The molecule has 14 heavy (non-hydrogen) atoms. The van der Waals surface area contributed by atoms with Crippen LogP contribution in [0.15, 0.2) is 41.5 Å². The van der Waals surface area contributed by atoms with Crippen molar-refractivity contribution in [2.75, 3.05) is 11.4 Å². The van der Waals surface area contributed by atoms with Crippen molar-refractivity contribution in [1.82, 2.24) is 0 Å². The zero-order chi connectivity index (χ0) is 10.1. The summed E-state index contributed by atoms with van der Waals surface area (Å²) in [5, 5.41) is 0. The second-order valence-electron chi connectivity index (χ2n) is 3.63. The standard InChI is InChI=1S/C12H13NO/c1-9-8-13(12(14)10(9)2)11-6-4-3-5-7-11/h3-7H,8H2,1-2H3. The second kappa shape index (κ2) is 3.29. The number of rotatable bonds is 1. The minimum Gasteiger partial charge on any atom is -0.305 e. The van der Waals surface area contributed by atoms with Crippen LogP contribution in [0.4, 0.5) is 5.69 Å². The van der Waals surface area contributed by atoms with Crippen LogP contribution in [-0.2, 0) is 4.79 Å². The monoisotopic (exact) mass is 187 g/mol. The number of anilines is 1. The number of nitrogens with zero attached hydrogens (tertiary/aromatic N) is 1. The molecule has 0 radical (unpaired) electrons. The average Bonchev–Trinajstić information content (AvgIpc) is 2.47. The van der Waals surface area contributed by atoms with Gasteiger partial charge in [0, 0.05) is 17.8 Å². The fraction of sp³-hybridized carbons (Fsp3) is 0.250. The lowest BCUT2D eigenvalue weighted by molar-refractivity contribution is -0.114. The van der Waals surface area contributed by atoms with E-state index in [0.29, 0.717) is 0 Å². The van der Waals surface area contributed by atoms with Gasteiger partial charge in [-0.15, -0.1) is 0 Å². The van der Waals surface area contributed by atoms with E-state index in [0.717, 1.165) is 17.8 Å². The molecule has 0 atom stereocenters. The van der Waals surface area contributed by atoms with Crippen molar-refractivity contribution in [2.45, 2.75) is 13.8 Å². The molecule has 1 aliphatic heterocycles. The quantitative estimate of drug-likeness (QED) is 0.661. The van der Waals surface area contributed by atoms with E-state index in [9.17, 15) is 4.79 Å². The highest BCUT2D eigenvalue weighted by molar-refractivity contribution is 6.08. The third-order valence-corrected chi connectivity index (χ3v) is 2.67. The first-order chi connectivity index (χ1) is 6.70. The van der Waals surface area contributed by atoms with Gasteiger partial charge in [0.05, 0.1) is 0 Å². The van der Waals surface area contributed by atoms with Gasteiger partial charge in [0.1, 0.15) is 0 Å². The van der Waals surface area contributed by atoms with Gasteiger partial charge in [0.15, 0.2) is 0 Å².